The lowest BCUT2D eigenvalue weighted by molar-refractivity contribution is -0.122. The van der Waals surface area contributed by atoms with E-state index in [2.05, 4.69) is 55.6 Å². The molecule has 12 nitrogen and oxygen atoms in total. The quantitative estimate of drug-likeness (QED) is 0.0830. The third kappa shape index (κ3) is 15.8. The van der Waals surface area contributed by atoms with Gasteiger partial charge in [0.15, 0.2) is 0 Å². The number of nitrogens with one attached hydrogen (secondary N) is 1. The van der Waals surface area contributed by atoms with Crippen molar-refractivity contribution in [3.05, 3.63) is 65.2 Å². The predicted molar refractivity (Wildman–Crippen MR) is 197 cm³/mol. The fourth-order valence-corrected chi connectivity index (χ4v) is 6.73. The molecule has 2 aromatic carbocycles. The molecule has 1 atom stereocenters. The topological polar surface area (TPSA) is 132 Å². The van der Waals surface area contributed by atoms with Crippen molar-refractivity contribution in [3.63, 3.8) is 0 Å². The highest BCUT2D eigenvalue weighted by atomic mass is 31.2. The van der Waals surface area contributed by atoms with E-state index in [-0.39, 0.29) is 49.9 Å². The van der Waals surface area contributed by atoms with E-state index in [1.807, 2.05) is 48.5 Å². The summed E-state index contributed by atoms with van der Waals surface area (Å²) in [6.45, 7) is 12.9. The molecular weight excluding hydrogens is 671 g/mol. The maximum atomic E-state index is 13.3. The lowest BCUT2D eigenvalue weighted by atomic mass is 10.0. The molecule has 13 heteroatoms. The van der Waals surface area contributed by atoms with Crippen LogP contribution < -0.4 is 10.2 Å². The molecule has 0 radical (unpaired) electrons. The second-order valence-electron chi connectivity index (χ2n) is 12.1. The van der Waals surface area contributed by atoms with Gasteiger partial charge in [-0.25, -0.2) is 4.67 Å². The fourth-order valence-electron chi connectivity index (χ4n) is 5.15. The van der Waals surface area contributed by atoms with Crippen molar-refractivity contribution in [2.75, 3.05) is 77.5 Å². The van der Waals surface area contributed by atoms with Gasteiger partial charge in [-0.1, -0.05) is 42.2 Å². The number of para-hydroxylation sites is 1. The minimum Gasteiger partial charge on any atom is -0.379 e. The molecule has 1 aliphatic rings. The molecule has 1 N–H and O–H groups in total. The summed E-state index contributed by atoms with van der Waals surface area (Å²) in [5.41, 5.74) is 3.46. The second kappa shape index (κ2) is 24.7. The number of nitriles is 1. The van der Waals surface area contributed by atoms with Gasteiger partial charge in [-0.15, -0.1) is 0 Å². The SMILES string of the molecule is CC(C)N(C(C)C)P(OCCC#N)OCCOCCOCCOCCOCCC(=O)NCCC(=O)N1Cc2ccccc2C#Cc2ccccc21. The maximum Gasteiger partial charge on any atom is 0.259 e. The molecule has 0 bridgehead atoms. The van der Waals surface area contributed by atoms with Crippen molar-refractivity contribution in [1.82, 2.24) is 9.99 Å². The molecule has 0 aromatic heterocycles. The second-order valence-corrected chi connectivity index (χ2v) is 13.5. The van der Waals surface area contributed by atoms with Gasteiger partial charge in [0.2, 0.25) is 11.8 Å². The van der Waals surface area contributed by atoms with Gasteiger partial charge in [0.05, 0.1) is 90.8 Å². The van der Waals surface area contributed by atoms with E-state index in [9.17, 15) is 9.59 Å². The van der Waals surface area contributed by atoms with Gasteiger partial charge < -0.3 is 38.2 Å². The fraction of sp³-hybridized carbons (Fsp3) is 0.553. The maximum absolute atomic E-state index is 13.3. The zero-order valence-electron chi connectivity index (χ0n) is 30.4. The average Bonchev–Trinajstić information content (AvgIpc) is 3.10. The minimum atomic E-state index is -1.27. The van der Waals surface area contributed by atoms with Gasteiger partial charge in [0, 0.05) is 42.6 Å². The van der Waals surface area contributed by atoms with Gasteiger partial charge >= 0.3 is 0 Å². The molecule has 278 valence electrons. The van der Waals surface area contributed by atoms with Crippen molar-refractivity contribution in [3.8, 4) is 17.9 Å². The van der Waals surface area contributed by atoms with Crippen LogP contribution in [0.3, 0.4) is 0 Å². The summed E-state index contributed by atoms with van der Waals surface area (Å²) >= 11 is 0. The standard InChI is InChI=1S/C38H53N4O8P/c1-31(2)42(32(3)4)51(49-20-9-18-39)50-29-28-48-27-26-47-25-24-46-23-22-45-21-17-37(43)40-19-16-38(44)41-30-35-12-6-5-10-33(35)14-15-34-11-7-8-13-36(34)41/h5-8,10-13,31-32H,9,16-17,19-30H2,1-4H3,(H,40,43). The number of carbonyl (C=O) groups excluding carboxylic acids is 2. The first-order valence-corrected chi connectivity index (χ1v) is 18.7. The zero-order valence-corrected chi connectivity index (χ0v) is 31.3. The summed E-state index contributed by atoms with van der Waals surface area (Å²) in [5, 5.41) is 11.6. The molecule has 3 rings (SSSR count). The number of benzene rings is 2. The summed E-state index contributed by atoms with van der Waals surface area (Å²) in [6, 6.07) is 18.1. The van der Waals surface area contributed by atoms with Crippen LogP contribution >= 0.6 is 8.53 Å². The molecule has 1 aliphatic heterocycles. The van der Waals surface area contributed by atoms with Gasteiger partial charge in [0.1, 0.15) is 0 Å². The van der Waals surface area contributed by atoms with Gasteiger partial charge in [-0.05, 0) is 51.5 Å². The molecular formula is C38H53N4O8P. The Balaban J connectivity index is 1.17. The lowest BCUT2D eigenvalue weighted by Crippen LogP contribution is -2.35. The Bertz CT molecular complexity index is 1430. The third-order valence-corrected chi connectivity index (χ3v) is 9.62. The van der Waals surface area contributed by atoms with Gasteiger partial charge in [0.25, 0.3) is 8.53 Å². The van der Waals surface area contributed by atoms with Crippen LogP contribution in [0.1, 0.15) is 63.6 Å². The molecule has 1 heterocycles. The molecule has 51 heavy (non-hydrogen) atoms. The highest BCUT2D eigenvalue weighted by Crippen LogP contribution is 2.45. The van der Waals surface area contributed by atoms with Crippen LogP contribution in [-0.2, 0) is 44.1 Å². The van der Waals surface area contributed by atoms with Crippen LogP contribution in [0, 0.1) is 23.2 Å². The van der Waals surface area contributed by atoms with Crippen LogP contribution in [0.15, 0.2) is 48.5 Å². The highest BCUT2D eigenvalue weighted by Gasteiger charge is 2.27. The Morgan fingerprint density at radius 2 is 1.33 bits per heavy atom. The Hall–Kier alpha value is -3.42. The van der Waals surface area contributed by atoms with Crippen molar-refractivity contribution in [1.29, 1.82) is 5.26 Å². The largest absolute Gasteiger partial charge is 0.379 e. The lowest BCUT2D eigenvalue weighted by Gasteiger charge is -2.35. The first-order valence-electron chi connectivity index (χ1n) is 17.6. The Labute approximate surface area is 304 Å². The number of amides is 2. The van der Waals surface area contributed by atoms with E-state index in [0.717, 1.165) is 22.4 Å². The summed E-state index contributed by atoms with van der Waals surface area (Å²) in [5.74, 6) is 6.16. The van der Waals surface area contributed by atoms with Crippen molar-refractivity contribution in [2.45, 2.75) is 65.6 Å². The number of ether oxygens (including phenoxy) is 4. The number of hydrogen-bond donors (Lipinski definition) is 1. The third-order valence-electron chi connectivity index (χ3n) is 7.52. The average molecular weight is 725 g/mol. The van der Waals surface area contributed by atoms with Crippen molar-refractivity contribution in [2.24, 2.45) is 0 Å². The van der Waals surface area contributed by atoms with E-state index in [4.69, 9.17) is 33.3 Å². The van der Waals surface area contributed by atoms with E-state index < -0.39 is 8.53 Å². The van der Waals surface area contributed by atoms with Crippen molar-refractivity contribution < 1.29 is 37.6 Å². The van der Waals surface area contributed by atoms with E-state index in [1.54, 1.807) is 4.90 Å². The molecule has 0 saturated carbocycles. The van der Waals surface area contributed by atoms with E-state index in [1.165, 1.54) is 0 Å². The van der Waals surface area contributed by atoms with Crippen molar-refractivity contribution >= 4 is 26.0 Å². The number of nitrogens with zero attached hydrogens (tertiary/aromatic N) is 3. The zero-order chi connectivity index (χ0) is 36.7. The summed E-state index contributed by atoms with van der Waals surface area (Å²) in [7, 11) is -1.27. The van der Waals surface area contributed by atoms with E-state index in [0.29, 0.717) is 72.4 Å². The summed E-state index contributed by atoms with van der Waals surface area (Å²) < 4.78 is 36.2. The van der Waals surface area contributed by atoms with Gasteiger partial charge in [-0.2, -0.15) is 5.26 Å². The molecule has 0 fully saturated rings. The smallest absolute Gasteiger partial charge is 0.259 e. The van der Waals surface area contributed by atoms with Crippen LogP contribution in [0.25, 0.3) is 0 Å². The molecule has 0 aliphatic carbocycles. The van der Waals surface area contributed by atoms with Crippen LogP contribution in [-0.4, -0.2) is 101 Å². The number of hydrogen-bond acceptors (Lipinski definition) is 10. The monoisotopic (exact) mass is 724 g/mol. The molecule has 2 amide bonds. The molecule has 1 unspecified atom stereocenters. The summed E-state index contributed by atoms with van der Waals surface area (Å²) in [6.07, 6.45) is 0.691. The van der Waals surface area contributed by atoms with Gasteiger partial charge in [-0.3, -0.25) is 9.59 Å². The minimum absolute atomic E-state index is 0.0826. The number of rotatable bonds is 25. The Kier molecular flexibility index (Phi) is 20.3. The first kappa shape index (κ1) is 42.0. The normalized spacial score (nSPS) is 12.8. The first-order chi connectivity index (χ1) is 24.8. The summed E-state index contributed by atoms with van der Waals surface area (Å²) in [4.78, 5) is 27.3. The molecule has 0 saturated heterocycles. The van der Waals surface area contributed by atoms with Crippen LogP contribution in [0.2, 0.25) is 0 Å². The number of carbonyl (C=O) groups is 2. The van der Waals surface area contributed by atoms with E-state index >= 15 is 0 Å². The Morgan fingerprint density at radius 1 is 0.784 bits per heavy atom. The number of anilines is 1. The highest BCUT2D eigenvalue weighted by molar-refractivity contribution is 7.44. The Morgan fingerprint density at radius 3 is 1.98 bits per heavy atom. The van der Waals surface area contributed by atoms with Crippen LogP contribution in [0.5, 0.6) is 0 Å². The predicted octanol–water partition coefficient (Wildman–Crippen LogP) is 5.19. The van der Waals surface area contributed by atoms with Crippen LogP contribution in [0.4, 0.5) is 5.69 Å². The molecule has 0 spiro atoms. The number of fused-ring (bicyclic) bond motifs is 2. The molecule has 2 aromatic rings.